The fraction of sp³-hybridized carbons (Fsp3) is 0.429. The van der Waals surface area contributed by atoms with Crippen molar-refractivity contribution < 1.29 is 0 Å². The molecule has 2 aromatic heterocycles. The third-order valence-corrected chi connectivity index (χ3v) is 5.46. The van der Waals surface area contributed by atoms with Crippen LogP contribution in [-0.4, -0.2) is 57.1 Å². The van der Waals surface area contributed by atoms with Crippen molar-refractivity contribution in [3.63, 3.8) is 0 Å². The van der Waals surface area contributed by atoms with Crippen LogP contribution < -0.4 is 0 Å². The average Bonchev–Trinajstić information content (AvgIpc) is 3.10. The number of benzene rings is 1. The van der Waals surface area contributed by atoms with Crippen molar-refractivity contribution >= 4 is 5.65 Å². The molecular weight excluding hydrogens is 322 g/mol. The van der Waals surface area contributed by atoms with Crippen LogP contribution in [0.4, 0.5) is 0 Å². The number of fused-ring (bicyclic) bond motifs is 1. The van der Waals surface area contributed by atoms with Crippen LogP contribution in [0.3, 0.4) is 0 Å². The standard InChI is InChI=1S/C21H27N5/c1-24-13-9-20(10-14-24)25(15-8-18-6-3-2-4-7-18)17-19-16-23-26-12-5-11-22-21(19)26/h2-7,11-12,16,20H,8-10,13-15,17H2,1H3. The van der Waals surface area contributed by atoms with Crippen molar-refractivity contribution in [1.29, 1.82) is 0 Å². The molecule has 3 heterocycles. The maximum Gasteiger partial charge on any atom is 0.159 e. The second-order valence-corrected chi connectivity index (χ2v) is 7.30. The summed E-state index contributed by atoms with van der Waals surface area (Å²) in [6.07, 6.45) is 9.35. The van der Waals surface area contributed by atoms with Gasteiger partial charge in [-0.2, -0.15) is 5.10 Å². The molecule has 5 heteroatoms. The maximum atomic E-state index is 4.54. The topological polar surface area (TPSA) is 36.7 Å². The summed E-state index contributed by atoms with van der Waals surface area (Å²) in [7, 11) is 2.22. The van der Waals surface area contributed by atoms with E-state index in [0.717, 1.165) is 25.2 Å². The molecule has 0 spiro atoms. The first-order valence-electron chi connectivity index (χ1n) is 9.53. The molecule has 0 bridgehead atoms. The van der Waals surface area contributed by atoms with Crippen LogP contribution in [0.15, 0.2) is 55.0 Å². The van der Waals surface area contributed by atoms with Gasteiger partial charge >= 0.3 is 0 Å². The van der Waals surface area contributed by atoms with Gasteiger partial charge in [0.25, 0.3) is 0 Å². The maximum absolute atomic E-state index is 4.54. The lowest BCUT2D eigenvalue weighted by Gasteiger charge is -2.37. The first kappa shape index (κ1) is 17.2. The van der Waals surface area contributed by atoms with E-state index in [4.69, 9.17) is 0 Å². The predicted octanol–water partition coefficient (Wildman–Crippen LogP) is 2.87. The number of likely N-dealkylation sites (tertiary alicyclic amines) is 1. The molecule has 1 saturated heterocycles. The van der Waals surface area contributed by atoms with Crippen molar-refractivity contribution in [2.75, 3.05) is 26.7 Å². The lowest BCUT2D eigenvalue weighted by atomic mass is 10.0. The van der Waals surface area contributed by atoms with Crippen LogP contribution >= 0.6 is 0 Å². The lowest BCUT2D eigenvalue weighted by molar-refractivity contribution is 0.116. The fourth-order valence-electron chi connectivity index (χ4n) is 3.87. The van der Waals surface area contributed by atoms with E-state index in [1.807, 2.05) is 29.2 Å². The highest BCUT2D eigenvalue weighted by Crippen LogP contribution is 2.20. The minimum atomic E-state index is 0.633. The molecule has 0 aliphatic carbocycles. The molecule has 5 nitrogen and oxygen atoms in total. The molecule has 1 aromatic carbocycles. The molecule has 0 radical (unpaired) electrons. The Morgan fingerprint density at radius 2 is 1.92 bits per heavy atom. The molecule has 1 aliphatic heterocycles. The minimum absolute atomic E-state index is 0.633. The van der Waals surface area contributed by atoms with Crippen LogP contribution in [-0.2, 0) is 13.0 Å². The van der Waals surface area contributed by atoms with Crippen LogP contribution in [0.1, 0.15) is 24.0 Å². The van der Waals surface area contributed by atoms with Crippen LogP contribution in [0, 0.1) is 0 Å². The average molecular weight is 349 g/mol. The molecule has 0 saturated carbocycles. The van der Waals surface area contributed by atoms with Gasteiger partial charge in [-0.3, -0.25) is 4.90 Å². The SMILES string of the molecule is CN1CCC(N(CCc2ccccc2)Cc2cnn3cccnc23)CC1. The molecule has 1 aliphatic rings. The largest absolute Gasteiger partial charge is 0.306 e. The van der Waals surface area contributed by atoms with Crippen molar-refractivity contribution in [3.8, 4) is 0 Å². The van der Waals surface area contributed by atoms with Gasteiger partial charge < -0.3 is 4.90 Å². The Kier molecular flexibility index (Phi) is 5.27. The number of rotatable bonds is 6. The Morgan fingerprint density at radius 3 is 2.73 bits per heavy atom. The molecule has 136 valence electrons. The second-order valence-electron chi connectivity index (χ2n) is 7.30. The molecule has 0 unspecified atom stereocenters. The second kappa shape index (κ2) is 7.98. The molecule has 26 heavy (non-hydrogen) atoms. The van der Waals surface area contributed by atoms with Crippen molar-refractivity contribution in [2.24, 2.45) is 0 Å². The van der Waals surface area contributed by atoms with Gasteiger partial charge in [-0.05, 0) is 51.0 Å². The normalized spacial score (nSPS) is 16.5. The van der Waals surface area contributed by atoms with Gasteiger partial charge in [-0.15, -0.1) is 0 Å². The lowest BCUT2D eigenvalue weighted by Crippen LogP contribution is -2.44. The Bertz CT molecular complexity index is 821. The molecule has 0 amide bonds. The first-order chi connectivity index (χ1) is 12.8. The summed E-state index contributed by atoms with van der Waals surface area (Å²) >= 11 is 0. The van der Waals surface area contributed by atoms with E-state index in [1.165, 1.54) is 37.1 Å². The highest BCUT2D eigenvalue weighted by Gasteiger charge is 2.24. The Morgan fingerprint density at radius 1 is 1.12 bits per heavy atom. The van der Waals surface area contributed by atoms with Crippen LogP contribution in [0.25, 0.3) is 5.65 Å². The van der Waals surface area contributed by atoms with Gasteiger partial charge in [0.05, 0.1) is 6.20 Å². The van der Waals surface area contributed by atoms with Gasteiger partial charge in [0.1, 0.15) is 0 Å². The predicted molar refractivity (Wildman–Crippen MR) is 104 cm³/mol. The molecule has 4 rings (SSSR count). The molecule has 3 aromatic rings. The summed E-state index contributed by atoms with van der Waals surface area (Å²) in [6, 6.07) is 13.4. The van der Waals surface area contributed by atoms with E-state index in [-0.39, 0.29) is 0 Å². The van der Waals surface area contributed by atoms with Crippen LogP contribution in [0.5, 0.6) is 0 Å². The summed E-state index contributed by atoms with van der Waals surface area (Å²) in [4.78, 5) is 9.61. The molecule has 0 N–H and O–H groups in total. The summed E-state index contributed by atoms with van der Waals surface area (Å²) in [5, 5.41) is 4.47. The fourth-order valence-corrected chi connectivity index (χ4v) is 3.87. The Balaban J connectivity index is 1.51. The third-order valence-electron chi connectivity index (χ3n) is 5.46. The van der Waals surface area contributed by atoms with Gasteiger partial charge in [0, 0.05) is 37.1 Å². The summed E-state index contributed by atoms with van der Waals surface area (Å²) in [5.41, 5.74) is 3.60. The summed E-state index contributed by atoms with van der Waals surface area (Å²) in [6.45, 7) is 4.35. The molecule has 0 atom stereocenters. The van der Waals surface area contributed by atoms with Gasteiger partial charge in [-0.25, -0.2) is 9.50 Å². The van der Waals surface area contributed by atoms with Crippen molar-refractivity contribution in [1.82, 2.24) is 24.4 Å². The van der Waals surface area contributed by atoms with Crippen LogP contribution in [0.2, 0.25) is 0 Å². The highest BCUT2D eigenvalue weighted by atomic mass is 15.3. The van der Waals surface area contributed by atoms with Gasteiger partial charge in [-0.1, -0.05) is 30.3 Å². The Hall–Kier alpha value is -2.24. The van der Waals surface area contributed by atoms with E-state index in [2.05, 4.69) is 57.3 Å². The number of hydrogen-bond acceptors (Lipinski definition) is 4. The minimum Gasteiger partial charge on any atom is -0.306 e. The zero-order valence-corrected chi connectivity index (χ0v) is 15.5. The van der Waals surface area contributed by atoms with Gasteiger partial charge in [0.15, 0.2) is 5.65 Å². The summed E-state index contributed by atoms with van der Waals surface area (Å²) < 4.78 is 1.87. The third kappa shape index (κ3) is 3.94. The number of hydrogen-bond donors (Lipinski definition) is 0. The molecular formula is C21H27N5. The van der Waals surface area contributed by atoms with E-state index in [0.29, 0.717) is 6.04 Å². The zero-order chi connectivity index (χ0) is 17.8. The van der Waals surface area contributed by atoms with E-state index < -0.39 is 0 Å². The van der Waals surface area contributed by atoms with Gasteiger partial charge in [0.2, 0.25) is 0 Å². The highest BCUT2D eigenvalue weighted by molar-refractivity contribution is 5.45. The smallest absolute Gasteiger partial charge is 0.159 e. The first-order valence-corrected chi connectivity index (χ1v) is 9.53. The number of aromatic nitrogens is 3. The van der Waals surface area contributed by atoms with E-state index >= 15 is 0 Å². The van der Waals surface area contributed by atoms with Crippen molar-refractivity contribution in [2.45, 2.75) is 31.8 Å². The Labute approximate surface area is 155 Å². The molecule has 1 fully saturated rings. The quantitative estimate of drug-likeness (QED) is 0.686. The summed E-state index contributed by atoms with van der Waals surface area (Å²) in [5.74, 6) is 0. The number of piperidine rings is 1. The monoisotopic (exact) mass is 349 g/mol. The van der Waals surface area contributed by atoms with E-state index in [1.54, 1.807) is 0 Å². The van der Waals surface area contributed by atoms with E-state index in [9.17, 15) is 0 Å². The number of nitrogens with zero attached hydrogens (tertiary/aromatic N) is 5. The zero-order valence-electron chi connectivity index (χ0n) is 15.5. The van der Waals surface area contributed by atoms with Crippen molar-refractivity contribution in [3.05, 3.63) is 66.1 Å².